The highest BCUT2D eigenvalue weighted by molar-refractivity contribution is 4.74. The standard InChI is InChI=1S/C8H18N2/c1-2-7-3-5-8(10-9)6-4-7/h7-8,10H,2-6,9H2,1H3. The van der Waals surface area contributed by atoms with E-state index in [0.29, 0.717) is 6.04 Å². The van der Waals surface area contributed by atoms with Crippen molar-refractivity contribution in [3.63, 3.8) is 0 Å². The van der Waals surface area contributed by atoms with Gasteiger partial charge in [0.15, 0.2) is 0 Å². The van der Waals surface area contributed by atoms with Crippen molar-refractivity contribution in [1.29, 1.82) is 0 Å². The van der Waals surface area contributed by atoms with Crippen LogP contribution in [0.4, 0.5) is 0 Å². The molecule has 1 saturated carbocycles. The molecule has 0 atom stereocenters. The van der Waals surface area contributed by atoms with E-state index in [1.54, 1.807) is 0 Å². The van der Waals surface area contributed by atoms with E-state index in [1.807, 2.05) is 0 Å². The summed E-state index contributed by atoms with van der Waals surface area (Å²) in [5.74, 6) is 6.32. The van der Waals surface area contributed by atoms with Gasteiger partial charge in [0.25, 0.3) is 0 Å². The van der Waals surface area contributed by atoms with Crippen LogP contribution < -0.4 is 11.3 Å². The lowest BCUT2D eigenvalue weighted by atomic mass is 9.85. The number of hydrogen-bond acceptors (Lipinski definition) is 2. The van der Waals surface area contributed by atoms with E-state index >= 15 is 0 Å². The molecule has 60 valence electrons. The van der Waals surface area contributed by atoms with Crippen molar-refractivity contribution in [3.8, 4) is 0 Å². The molecule has 0 heterocycles. The van der Waals surface area contributed by atoms with Crippen molar-refractivity contribution in [1.82, 2.24) is 5.43 Å². The fourth-order valence-electron chi connectivity index (χ4n) is 1.74. The third-order valence-corrected chi connectivity index (χ3v) is 2.66. The maximum atomic E-state index is 5.34. The zero-order valence-electron chi connectivity index (χ0n) is 6.77. The third kappa shape index (κ3) is 1.96. The van der Waals surface area contributed by atoms with Gasteiger partial charge < -0.3 is 0 Å². The van der Waals surface area contributed by atoms with Crippen LogP contribution >= 0.6 is 0 Å². The van der Waals surface area contributed by atoms with E-state index in [9.17, 15) is 0 Å². The summed E-state index contributed by atoms with van der Waals surface area (Å²) in [5, 5.41) is 0. The quantitative estimate of drug-likeness (QED) is 0.452. The summed E-state index contributed by atoms with van der Waals surface area (Å²) in [7, 11) is 0. The molecule has 0 unspecified atom stereocenters. The average Bonchev–Trinajstić information content (AvgIpc) is 2.05. The molecule has 0 aromatic heterocycles. The van der Waals surface area contributed by atoms with Crippen molar-refractivity contribution in [3.05, 3.63) is 0 Å². The summed E-state index contributed by atoms with van der Waals surface area (Å²) in [6.07, 6.45) is 6.62. The Balaban J connectivity index is 2.17. The molecule has 0 bridgehead atoms. The molecule has 2 nitrogen and oxygen atoms in total. The Bertz CT molecular complexity index is 73.3. The molecule has 0 spiro atoms. The molecule has 0 aromatic carbocycles. The highest BCUT2D eigenvalue weighted by Gasteiger charge is 2.17. The van der Waals surface area contributed by atoms with E-state index in [1.165, 1.54) is 32.1 Å². The van der Waals surface area contributed by atoms with Crippen LogP contribution in [0.1, 0.15) is 39.0 Å². The van der Waals surface area contributed by atoms with E-state index in [0.717, 1.165) is 5.92 Å². The van der Waals surface area contributed by atoms with Gasteiger partial charge in [0.2, 0.25) is 0 Å². The van der Waals surface area contributed by atoms with Gasteiger partial charge in [-0.05, 0) is 31.6 Å². The summed E-state index contributed by atoms with van der Waals surface area (Å²) in [6, 6.07) is 0.600. The Morgan fingerprint density at radius 2 is 1.90 bits per heavy atom. The minimum Gasteiger partial charge on any atom is -0.271 e. The van der Waals surface area contributed by atoms with Crippen molar-refractivity contribution < 1.29 is 0 Å². The Labute approximate surface area is 63.1 Å². The summed E-state index contributed by atoms with van der Waals surface area (Å²) >= 11 is 0. The molecule has 1 aliphatic rings. The van der Waals surface area contributed by atoms with Crippen LogP contribution in [-0.4, -0.2) is 6.04 Å². The van der Waals surface area contributed by atoms with Gasteiger partial charge >= 0.3 is 0 Å². The SMILES string of the molecule is CCC1CCC(NN)CC1. The van der Waals surface area contributed by atoms with Crippen molar-refractivity contribution in [2.75, 3.05) is 0 Å². The highest BCUT2D eigenvalue weighted by Crippen LogP contribution is 2.25. The molecule has 1 fully saturated rings. The molecule has 0 saturated heterocycles. The second-order valence-corrected chi connectivity index (χ2v) is 3.29. The Morgan fingerprint density at radius 3 is 2.30 bits per heavy atom. The van der Waals surface area contributed by atoms with Crippen molar-refractivity contribution in [2.24, 2.45) is 11.8 Å². The lowest BCUT2D eigenvalue weighted by molar-refractivity contribution is 0.288. The van der Waals surface area contributed by atoms with Gasteiger partial charge in [-0.1, -0.05) is 13.3 Å². The molecule has 2 heteroatoms. The lowest BCUT2D eigenvalue weighted by Crippen LogP contribution is -2.37. The number of hydrazine groups is 1. The molecule has 1 rings (SSSR count). The molecule has 1 aliphatic carbocycles. The van der Waals surface area contributed by atoms with Crippen LogP contribution in [0.3, 0.4) is 0 Å². The summed E-state index contributed by atoms with van der Waals surface area (Å²) in [6.45, 7) is 2.28. The van der Waals surface area contributed by atoms with Gasteiger partial charge in [-0.25, -0.2) is 0 Å². The first-order valence-corrected chi connectivity index (χ1v) is 4.33. The largest absolute Gasteiger partial charge is 0.271 e. The number of rotatable bonds is 2. The molecular weight excluding hydrogens is 124 g/mol. The molecule has 0 radical (unpaired) electrons. The van der Waals surface area contributed by atoms with Gasteiger partial charge in [-0.2, -0.15) is 0 Å². The zero-order valence-corrected chi connectivity index (χ0v) is 6.77. The van der Waals surface area contributed by atoms with Gasteiger partial charge in [0, 0.05) is 6.04 Å². The van der Waals surface area contributed by atoms with Crippen LogP contribution in [-0.2, 0) is 0 Å². The van der Waals surface area contributed by atoms with E-state index in [4.69, 9.17) is 5.84 Å². The topological polar surface area (TPSA) is 38.0 Å². The second kappa shape index (κ2) is 3.94. The lowest BCUT2D eigenvalue weighted by Gasteiger charge is -2.26. The van der Waals surface area contributed by atoms with Crippen LogP contribution in [0.25, 0.3) is 0 Å². The van der Waals surface area contributed by atoms with Crippen LogP contribution in [0.5, 0.6) is 0 Å². The molecule has 3 N–H and O–H groups in total. The Hall–Kier alpha value is -0.0800. The smallest absolute Gasteiger partial charge is 0.0210 e. The normalized spacial score (nSPS) is 34.2. The van der Waals surface area contributed by atoms with Crippen molar-refractivity contribution in [2.45, 2.75) is 45.1 Å². The van der Waals surface area contributed by atoms with Crippen molar-refractivity contribution >= 4 is 0 Å². The predicted octanol–water partition coefficient (Wildman–Crippen LogP) is 1.42. The van der Waals surface area contributed by atoms with Gasteiger partial charge in [0.1, 0.15) is 0 Å². The fraction of sp³-hybridized carbons (Fsp3) is 1.00. The Morgan fingerprint density at radius 1 is 1.30 bits per heavy atom. The summed E-state index contributed by atoms with van der Waals surface area (Å²) in [5.41, 5.74) is 2.85. The number of nitrogens with two attached hydrogens (primary N) is 1. The minimum atomic E-state index is 0.600. The molecule has 0 amide bonds. The third-order valence-electron chi connectivity index (χ3n) is 2.66. The maximum Gasteiger partial charge on any atom is 0.0210 e. The first-order chi connectivity index (χ1) is 4.86. The van der Waals surface area contributed by atoms with Crippen LogP contribution in [0.2, 0.25) is 0 Å². The van der Waals surface area contributed by atoms with E-state index in [2.05, 4.69) is 12.3 Å². The van der Waals surface area contributed by atoms with E-state index in [-0.39, 0.29) is 0 Å². The second-order valence-electron chi connectivity index (χ2n) is 3.29. The summed E-state index contributed by atoms with van der Waals surface area (Å²) in [4.78, 5) is 0. The molecule has 0 aromatic rings. The minimum absolute atomic E-state index is 0.600. The number of nitrogens with one attached hydrogen (secondary N) is 1. The fourth-order valence-corrected chi connectivity index (χ4v) is 1.74. The predicted molar refractivity (Wildman–Crippen MR) is 43.4 cm³/mol. The van der Waals surface area contributed by atoms with E-state index < -0.39 is 0 Å². The maximum absolute atomic E-state index is 5.34. The van der Waals surface area contributed by atoms with Crippen LogP contribution in [0.15, 0.2) is 0 Å². The monoisotopic (exact) mass is 142 g/mol. The van der Waals surface area contributed by atoms with Gasteiger partial charge in [-0.3, -0.25) is 11.3 Å². The first kappa shape index (κ1) is 8.02. The van der Waals surface area contributed by atoms with Crippen LogP contribution in [0, 0.1) is 5.92 Å². The Kier molecular flexibility index (Phi) is 3.16. The van der Waals surface area contributed by atoms with Gasteiger partial charge in [-0.15, -0.1) is 0 Å². The first-order valence-electron chi connectivity index (χ1n) is 4.33. The highest BCUT2D eigenvalue weighted by atomic mass is 15.2. The summed E-state index contributed by atoms with van der Waals surface area (Å²) < 4.78 is 0. The number of hydrogen-bond donors (Lipinski definition) is 2. The molecule has 10 heavy (non-hydrogen) atoms. The average molecular weight is 142 g/mol. The molecular formula is C8H18N2. The van der Waals surface area contributed by atoms with Gasteiger partial charge in [0.05, 0.1) is 0 Å². The zero-order chi connectivity index (χ0) is 7.40. The molecule has 0 aliphatic heterocycles.